The first-order valence-electron chi connectivity index (χ1n) is 5.18. The van der Waals surface area contributed by atoms with Crippen molar-refractivity contribution < 1.29 is 8.42 Å². The van der Waals surface area contributed by atoms with Crippen LogP contribution in [0.5, 0.6) is 0 Å². The standard InChI is InChI=1S/C11H15BrClNO2S/c1-17(15,16)6-2-3-11(14)9-5-4-8(13)7-10(9)12/h4-5,7,11H,2-3,6,14H2,1H3. The summed E-state index contributed by atoms with van der Waals surface area (Å²) in [6, 6.07) is 5.24. The Hall–Kier alpha value is -0.100. The molecule has 2 N–H and O–H groups in total. The van der Waals surface area contributed by atoms with E-state index in [2.05, 4.69) is 15.9 Å². The molecule has 0 saturated carbocycles. The predicted molar refractivity (Wildman–Crippen MR) is 75.0 cm³/mol. The highest BCUT2D eigenvalue weighted by atomic mass is 79.9. The van der Waals surface area contributed by atoms with Crippen molar-refractivity contribution in [1.82, 2.24) is 0 Å². The molecule has 0 fully saturated rings. The van der Waals surface area contributed by atoms with Crippen molar-refractivity contribution in [2.45, 2.75) is 18.9 Å². The van der Waals surface area contributed by atoms with Gasteiger partial charge in [0.25, 0.3) is 0 Å². The highest BCUT2D eigenvalue weighted by Gasteiger charge is 2.11. The molecule has 3 nitrogen and oxygen atoms in total. The van der Waals surface area contributed by atoms with Gasteiger partial charge >= 0.3 is 0 Å². The second-order valence-corrected chi connectivity index (χ2v) is 7.59. The van der Waals surface area contributed by atoms with E-state index in [1.807, 2.05) is 6.07 Å². The molecule has 1 aromatic carbocycles. The van der Waals surface area contributed by atoms with Crippen LogP contribution in [0.1, 0.15) is 24.4 Å². The third-order valence-electron chi connectivity index (χ3n) is 2.39. The smallest absolute Gasteiger partial charge is 0.147 e. The van der Waals surface area contributed by atoms with Gasteiger partial charge in [-0.1, -0.05) is 33.6 Å². The van der Waals surface area contributed by atoms with Crippen LogP contribution in [0.25, 0.3) is 0 Å². The number of benzene rings is 1. The SMILES string of the molecule is CS(=O)(=O)CCCC(N)c1ccc(Cl)cc1Br. The number of rotatable bonds is 5. The van der Waals surface area contributed by atoms with E-state index in [9.17, 15) is 8.42 Å². The second kappa shape index (κ2) is 6.18. The van der Waals surface area contributed by atoms with Gasteiger partial charge in [0.15, 0.2) is 0 Å². The Morgan fingerprint density at radius 3 is 2.65 bits per heavy atom. The van der Waals surface area contributed by atoms with E-state index in [-0.39, 0.29) is 11.8 Å². The van der Waals surface area contributed by atoms with E-state index >= 15 is 0 Å². The average molecular weight is 341 g/mol. The third kappa shape index (κ3) is 5.38. The highest BCUT2D eigenvalue weighted by molar-refractivity contribution is 9.10. The number of halogens is 2. The van der Waals surface area contributed by atoms with Crippen LogP contribution in [0.3, 0.4) is 0 Å². The molecular weight excluding hydrogens is 326 g/mol. The molecule has 6 heteroatoms. The Morgan fingerprint density at radius 1 is 1.47 bits per heavy atom. The predicted octanol–water partition coefficient (Wildman–Crippen LogP) is 2.93. The lowest BCUT2D eigenvalue weighted by Gasteiger charge is -2.13. The monoisotopic (exact) mass is 339 g/mol. The minimum atomic E-state index is -2.91. The quantitative estimate of drug-likeness (QED) is 0.896. The Labute approximate surface area is 115 Å². The fraction of sp³-hybridized carbons (Fsp3) is 0.455. The lowest BCUT2D eigenvalue weighted by Crippen LogP contribution is -2.13. The zero-order valence-corrected chi connectivity index (χ0v) is 12.6. The van der Waals surface area contributed by atoms with E-state index in [1.54, 1.807) is 12.1 Å². The summed E-state index contributed by atoms with van der Waals surface area (Å²) in [6.45, 7) is 0. The average Bonchev–Trinajstić information content (AvgIpc) is 2.15. The summed E-state index contributed by atoms with van der Waals surface area (Å²) in [7, 11) is -2.91. The maximum absolute atomic E-state index is 11.0. The molecule has 17 heavy (non-hydrogen) atoms. The lowest BCUT2D eigenvalue weighted by atomic mass is 10.0. The van der Waals surface area contributed by atoms with Crippen molar-refractivity contribution in [3.63, 3.8) is 0 Å². The van der Waals surface area contributed by atoms with Crippen LogP contribution in [0.4, 0.5) is 0 Å². The Balaban J connectivity index is 2.61. The van der Waals surface area contributed by atoms with E-state index in [0.717, 1.165) is 10.0 Å². The van der Waals surface area contributed by atoms with Crippen molar-refractivity contribution in [3.8, 4) is 0 Å². The zero-order chi connectivity index (χ0) is 13.1. The minimum Gasteiger partial charge on any atom is -0.324 e. The van der Waals surface area contributed by atoms with Crippen molar-refractivity contribution in [2.75, 3.05) is 12.0 Å². The first-order chi connectivity index (χ1) is 7.79. The maximum atomic E-state index is 11.0. The van der Waals surface area contributed by atoms with Crippen molar-refractivity contribution in [3.05, 3.63) is 33.3 Å². The fourth-order valence-electron chi connectivity index (χ4n) is 1.52. The number of hydrogen-bond acceptors (Lipinski definition) is 3. The van der Waals surface area contributed by atoms with E-state index in [1.165, 1.54) is 6.26 Å². The number of nitrogens with two attached hydrogens (primary N) is 1. The molecule has 0 bridgehead atoms. The van der Waals surface area contributed by atoms with Gasteiger partial charge in [0.1, 0.15) is 9.84 Å². The maximum Gasteiger partial charge on any atom is 0.147 e. The largest absolute Gasteiger partial charge is 0.324 e. The first-order valence-corrected chi connectivity index (χ1v) is 8.41. The third-order valence-corrected chi connectivity index (χ3v) is 4.34. The summed E-state index contributed by atoms with van der Waals surface area (Å²) in [5.74, 6) is 0.173. The lowest BCUT2D eigenvalue weighted by molar-refractivity contribution is 0.587. The van der Waals surface area contributed by atoms with Crippen LogP contribution in [0.2, 0.25) is 5.02 Å². The minimum absolute atomic E-state index is 0.173. The van der Waals surface area contributed by atoms with Gasteiger partial charge in [0, 0.05) is 27.5 Å². The van der Waals surface area contributed by atoms with Crippen LogP contribution >= 0.6 is 27.5 Å². The normalized spacial score (nSPS) is 13.6. The Bertz CT molecular complexity index is 490. The Morgan fingerprint density at radius 2 is 2.12 bits per heavy atom. The molecule has 0 aromatic heterocycles. The number of hydrogen-bond donors (Lipinski definition) is 1. The number of sulfone groups is 1. The van der Waals surface area contributed by atoms with Gasteiger partial charge in [0.05, 0.1) is 0 Å². The molecule has 0 aliphatic carbocycles. The van der Waals surface area contributed by atoms with Crippen molar-refractivity contribution >= 4 is 37.4 Å². The molecular formula is C11H15BrClNO2S. The summed E-state index contributed by atoms with van der Waals surface area (Å²) in [5.41, 5.74) is 6.95. The molecule has 0 heterocycles. The zero-order valence-electron chi connectivity index (χ0n) is 9.49. The van der Waals surface area contributed by atoms with E-state index in [0.29, 0.717) is 17.9 Å². The summed E-state index contributed by atoms with van der Waals surface area (Å²) < 4.78 is 22.8. The summed E-state index contributed by atoms with van der Waals surface area (Å²) in [5, 5.41) is 0.643. The summed E-state index contributed by atoms with van der Waals surface area (Å²) in [4.78, 5) is 0. The first kappa shape index (κ1) is 15.0. The van der Waals surface area contributed by atoms with Gasteiger partial charge in [-0.2, -0.15) is 0 Å². The molecule has 0 spiro atoms. The molecule has 0 aliphatic rings. The topological polar surface area (TPSA) is 60.2 Å². The molecule has 0 saturated heterocycles. The molecule has 1 aromatic rings. The van der Waals surface area contributed by atoms with Gasteiger partial charge in [-0.3, -0.25) is 0 Å². The van der Waals surface area contributed by atoms with Gasteiger partial charge in [0.2, 0.25) is 0 Å². The van der Waals surface area contributed by atoms with E-state index < -0.39 is 9.84 Å². The summed E-state index contributed by atoms with van der Waals surface area (Å²) >= 11 is 9.23. The van der Waals surface area contributed by atoms with Gasteiger partial charge in [-0.25, -0.2) is 8.42 Å². The molecule has 0 aliphatic heterocycles. The molecule has 0 radical (unpaired) electrons. The summed E-state index contributed by atoms with van der Waals surface area (Å²) in [6.07, 6.45) is 2.43. The van der Waals surface area contributed by atoms with Gasteiger partial charge in [-0.05, 0) is 30.5 Å². The van der Waals surface area contributed by atoms with Crippen LogP contribution < -0.4 is 5.73 Å². The molecule has 1 rings (SSSR count). The second-order valence-electron chi connectivity index (χ2n) is 4.04. The van der Waals surface area contributed by atoms with Crippen LogP contribution in [0.15, 0.2) is 22.7 Å². The van der Waals surface area contributed by atoms with Crippen molar-refractivity contribution in [2.24, 2.45) is 5.73 Å². The van der Waals surface area contributed by atoms with Crippen molar-refractivity contribution in [1.29, 1.82) is 0 Å². The van der Waals surface area contributed by atoms with Crippen LogP contribution in [-0.2, 0) is 9.84 Å². The molecule has 1 unspecified atom stereocenters. The van der Waals surface area contributed by atoms with Gasteiger partial charge < -0.3 is 5.73 Å². The molecule has 1 atom stereocenters. The van der Waals surface area contributed by atoms with E-state index in [4.69, 9.17) is 17.3 Å². The molecule has 96 valence electrons. The highest BCUT2D eigenvalue weighted by Crippen LogP contribution is 2.27. The molecule has 0 amide bonds. The van der Waals surface area contributed by atoms with Crippen LogP contribution in [0, 0.1) is 0 Å². The fourth-order valence-corrected chi connectivity index (χ4v) is 3.19. The van der Waals surface area contributed by atoms with Crippen LogP contribution in [-0.4, -0.2) is 20.4 Å². The van der Waals surface area contributed by atoms with Gasteiger partial charge in [-0.15, -0.1) is 0 Å². The Kier molecular flexibility index (Phi) is 5.44.